The molecule has 0 saturated heterocycles. The van der Waals surface area contributed by atoms with Gasteiger partial charge < -0.3 is 0 Å². The van der Waals surface area contributed by atoms with Gasteiger partial charge in [0.05, 0.1) is 4.92 Å². The van der Waals surface area contributed by atoms with Crippen LogP contribution >= 0.6 is 23.2 Å². The molecule has 1 aromatic heterocycles. The number of hydrogen-bond donors (Lipinski definition) is 0. The quantitative estimate of drug-likeness (QED) is 0.439. The van der Waals surface area contributed by atoms with E-state index in [9.17, 15) is 10.1 Å². The van der Waals surface area contributed by atoms with Crippen molar-refractivity contribution in [2.75, 3.05) is 0 Å². The van der Waals surface area contributed by atoms with E-state index in [1.165, 1.54) is 0 Å². The Hall–Kier alpha value is -0.870. The second-order valence-corrected chi connectivity index (χ2v) is 4.19. The highest BCUT2D eigenvalue weighted by Crippen LogP contribution is 2.37. The first-order valence-electron chi connectivity index (χ1n) is 5.62. The molecule has 0 bridgehead atoms. The average molecular weight is 277 g/mol. The summed E-state index contributed by atoms with van der Waals surface area (Å²) in [5.74, 6) is 0. The van der Waals surface area contributed by atoms with E-state index in [0.717, 1.165) is 36.9 Å². The van der Waals surface area contributed by atoms with Crippen molar-refractivity contribution in [3.63, 3.8) is 0 Å². The van der Waals surface area contributed by atoms with Gasteiger partial charge in [0.15, 0.2) is 0 Å². The van der Waals surface area contributed by atoms with Crippen LogP contribution in [0.2, 0.25) is 10.2 Å². The molecule has 1 aliphatic carbocycles. The number of fused-ring (bicyclic) bond motifs is 1. The van der Waals surface area contributed by atoms with Crippen LogP contribution < -0.4 is 0 Å². The molecule has 0 aliphatic heterocycles. The van der Waals surface area contributed by atoms with Gasteiger partial charge in [-0.05, 0) is 31.2 Å². The summed E-state index contributed by atoms with van der Waals surface area (Å²) in [4.78, 5) is 14.2. The first-order valence-corrected chi connectivity index (χ1v) is 6.38. The highest BCUT2D eigenvalue weighted by atomic mass is 35.5. The number of pyridine rings is 1. The zero-order valence-corrected chi connectivity index (χ0v) is 11.3. The molecule has 0 radical (unpaired) electrons. The maximum absolute atomic E-state index is 10.7. The molecule has 0 amide bonds. The van der Waals surface area contributed by atoms with Gasteiger partial charge in [0.1, 0.15) is 5.02 Å². The van der Waals surface area contributed by atoms with Gasteiger partial charge >= 0.3 is 5.69 Å². The standard InChI is InChI=1S/C9H8Cl2N2O2.C2H6/c10-7-5-3-1-2-4-6(5)12-9(11)8(7)13(14)15;1-2/h1-4H2;1-2H3. The van der Waals surface area contributed by atoms with Crippen molar-refractivity contribution < 1.29 is 4.92 Å². The number of rotatable bonds is 1. The summed E-state index contributed by atoms with van der Waals surface area (Å²) in [7, 11) is 0. The van der Waals surface area contributed by atoms with Crippen molar-refractivity contribution in [2.45, 2.75) is 39.5 Å². The summed E-state index contributed by atoms with van der Waals surface area (Å²) in [5.41, 5.74) is 1.33. The molecule has 0 saturated carbocycles. The number of hydrogen-bond acceptors (Lipinski definition) is 3. The van der Waals surface area contributed by atoms with Crippen molar-refractivity contribution >= 4 is 28.9 Å². The van der Waals surface area contributed by atoms with Gasteiger partial charge in [-0.2, -0.15) is 0 Å². The van der Waals surface area contributed by atoms with E-state index >= 15 is 0 Å². The Morgan fingerprint density at radius 1 is 1.24 bits per heavy atom. The largest absolute Gasteiger partial charge is 0.325 e. The van der Waals surface area contributed by atoms with Gasteiger partial charge in [-0.15, -0.1) is 0 Å². The van der Waals surface area contributed by atoms with Crippen LogP contribution in [0.15, 0.2) is 0 Å². The summed E-state index contributed by atoms with van der Waals surface area (Å²) in [6, 6.07) is 0. The molecule has 0 spiro atoms. The van der Waals surface area contributed by atoms with Crippen LogP contribution in [0.4, 0.5) is 5.69 Å². The molecule has 0 atom stereocenters. The van der Waals surface area contributed by atoms with E-state index in [1.54, 1.807) is 0 Å². The van der Waals surface area contributed by atoms with Crippen LogP contribution in [0, 0.1) is 10.1 Å². The van der Waals surface area contributed by atoms with Gasteiger partial charge in [0.2, 0.25) is 5.15 Å². The molecule has 0 unspecified atom stereocenters. The number of aromatic nitrogens is 1. The highest BCUT2D eigenvalue weighted by Gasteiger charge is 2.26. The van der Waals surface area contributed by atoms with E-state index in [4.69, 9.17) is 23.2 Å². The van der Waals surface area contributed by atoms with Gasteiger partial charge in [-0.1, -0.05) is 37.0 Å². The van der Waals surface area contributed by atoms with Crippen LogP contribution in [0.3, 0.4) is 0 Å². The van der Waals surface area contributed by atoms with E-state index in [0.29, 0.717) is 0 Å². The lowest BCUT2D eigenvalue weighted by molar-refractivity contribution is -0.384. The lowest BCUT2D eigenvalue weighted by atomic mass is 9.96. The van der Waals surface area contributed by atoms with Crippen molar-refractivity contribution in [1.29, 1.82) is 0 Å². The Kier molecular flexibility index (Phi) is 5.15. The third-order valence-electron chi connectivity index (χ3n) is 2.52. The third-order valence-corrected chi connectivity index (χ3v) is 3.19. The monoisotopic (exact) mass is 276 g/mol. The van der Waals surface area contributed by atoms with Crippen molar-refractivity contribution in [2.24, 2.45) is 0 Å². The zero-order valence-electron chi connectivity index (χ0n) is 9.80. The second kappa shape index (κ2) is 6.17. The maximum Gasteiger partial charge on any atom is 0.325 e. The molecule has 1 aliphatic rings. The minimum absolute atomic E-state index is 0.106. The van der Waals surface area contributed by atoms with Crippen LogP contribution in [0.25, 0.3) is 0 Å². The molecule has 17 heavy (non-hydrogen) atoms. The Balaban J connectivity index is 0.000000686. The van der Waals surface area contributed by atoms with Gasteiger partial charge in [-0.25, -0.2) is 4.98 Å². The van der Waals surface area contributed by atoms with Crippen molar-refractivity contribution in [3.8, 4) is 0 Å². The van der Waals surface area contributed by atoms with E-state index < -0.39 is 4.92 Å². The molecule has 0 aromatic carbocycles. The molecule has 0 fully saturated rings. The molecule has 2 rings (SSSR count). The van der Waals surface area contributed by atoms with E-state index in [-0.39, 0.29) is 15.9 Å². The lowest BCUT2D eigenvalue weighted by Crippen LogP contribution is -2.08. The van der Waals surface area contributed by atoms with Gasteiger partial charge in [-0.3, -0.25) is 10.1 Å². The fraction of sp³-hybridized carbons (Fsp3) is 0.545. The minimum Gasteiger partial charge on any atom is -0.258 e. The third kappa shape index (κ3) is 2.87. The fourth-order valence-electron chi connectivity index (χ4n) is 1.81. The molecule has 6 heteroatoms. The van der Waals surface area contributed by atoms with Crippen molar-refractivity contribution in [3.05, 3.63) is 31.5 Å². The molecule has 1 aromatic rings. The molecular formula is C11H14Cl2N2O2. The van der Waals surface area contributed by atoms with Crippen LogP contribution in [0.5, 0.6) is 0 Å². The molecule has 0 N–H and O–H groups in total. The van der Waals surface area contributed by atoms with Crippen LogP contribution in [0.1, 0.15) is 37.9 Å². The summed E-state index contributed by atoms with van der Waals surface area (Å²) in [6.45, 7) is 4.00. The average Bonchev–Trinajstić information content (AvgIpc) is 2.31. The Morgan fingerprint density at radius 3 is 2.41 bits per heavy atom. The van der Waals surface area contributed by atoms with Crippen molar-refractivity contribution in [1.82, 2.24) is 4.98 Å². The van der Waals surface area contributed by atoms with Crippen LogP contribution in [-0.2, 0) is 12.8 Å². The topological polar surface area (TPSA) is 56.0 Å². The van der Waals surface area contributed by atoms with Crippen LogP contribution in [-0.4, -0.2) is 9.91 Å². The molecule has 1 heterocycles. The molecule has 94 valence electrons. The first kappa shape index (κ1) is 14.2. The molecule has 4 nitrogen and oxygen atoms in total. The number of aryl methyl sites for hydroxylation is 1. The number of nitro groups is 1. The van der Waals surface area contributed by atoms with Gasteiger partial charge in [0, 0.05) is 5.69 Å². The second-order valence-electron chi connectivity index (χ2n) is 3.45. The Morgan fingerprint density at radius 2 is 1.82 bits per heavy atom. The minimum atomic E-state index is -0.577. The SMILES string of the molecule is CC.O=[N+]([O-])c1c(Cl)nc2c(c1Cl)CCCC2. The van der Waals surface area contributed by atoms with Gasteiger partial charge in [0.25, 0.3) is 0 Å². The Bertz CT molecular complexity index is 436. The fourth-order valence-corrected chi connectivity index (χ4v) is 2.49. The normalized spacial score (nSPS) is 13.4. The number of nitrogens with zero attached hydrogens (tertiary/aromatic N) is 2. The summed E-state index contributed by atoms with van der Waals surface area (Å²) < 4.78 is 0. The highest BCUT2D eigenvalue weighted by molar-refractivity contribution is 6.38. The maximum atomic E-state index is 10.7. The van der Waals surface area contributed by atoms with E-state index in [2.05, 4.69) is 4.98 Å². The predicted octanol–water partition coefficient (Wildman–Crippen LogP) is 4.20. The Labute approximate surface area is 110 Å². The summed E-state index contributed by atoms with van der Waals surface area (Å²) >= 11 is 11.7. The molecular weight excluding hydrogens is 263 g/mol. The summed E-state index contributed by atoms with van der Waals surface area (Å²) in [6.07, 6.45) is 3.57. The lowest BCUT2D eigenvalue weighted by Gasteiger charge is -2.15. The smallest absolute Gasteiger partial charge is 0.258 e. The number of halogens is 2. The predicted molar refractivity (Wildman–Crippen MR) is 68.9 cm³/mol. The first-order chi connectivity index (χ1) is 8.11. The van der Waals surface area contributed by atoms with E-state index in [1.807, 2.05) is 13.8 Å². The zero-order chi connectivity index (χ0) is 13.0. The summed E-state index contributed by atoms with van der Waals surface area (Å²) in [5, 5.41) is 10.8.